The van der Waals surface area contributed by atoms with Crippen molar-refractivity contribution in [1.82, 2.24) is 4.98 Å². The Kier molecular flexibility index (Phi) is 7.92. The second kappa shape index (κ2) is 12.2. The van der Waals surface area contributed by atoms with Gasteiger partial charge in [-0.05, 0) is 77.9 Å². The van der Waals surface area contributed by atoms with Crippen molar-refractivity contribution in [2.45, 2.75) is 0 Å². The molecule has 0 atom stereocenters. The van der Waals surface area contributed by atoms with Crippen LogP contribution in [-0.2, 0) is 0 Å². The van der Waals surface area contributed by atoms with E-state index >= 15 is 0 Å². The van der Waals surface area contributed by atoms with Crippen molar-refractivity contribution in [3.05, 3.63) is 135 Å². The number of hydrogen-bond acceptors (Lipinski definition) is 8. The number of aliphatic imine (C=N–C) groups is 2. The van der Waals surface area contributed by atoms with E-state index in [0.717, 1.165) is 16.7 Å². The first-order valence-corrected chi connectivity index (χ1v) is 12.4. The van der Waals surface area contributed by atoms with E-state index in [1.54, 1.807) is 61.0 Å². The van der Waals surface area contributed by atoms with Gasteiger partial charge in [0.2, 0.25) is 5.89 Å². The highest BCUT2D eigenvalue weighted by Crippen LogP contribution is 2.29. The van der Waals surface area contributed by atoms with Crippen LogP contribution in [0.1, 0.15) is 11.1 Å². The molecule has 0 aliphatic rings. The van der Waals surface area contributed by atoms with E-state index < -0.39 is 9.85 Å². The topological polar surface area (TPSA) is 137 Å². The SMILES string of the molecule is O=[N+]([O-])c1ccc(C=CC=Nc2cccc(-c3nc4ccc(N=CC=Cc5ccc([N+](=O)[O-])cc5)cc4o3)c2)cc1. The predicted octanol–water partition coefficient (Wildman–Crippen LogP) is 8.14. The molecule has 0 radical (unpaired) electrons. The molecule has 10 nitrogen and oxygen atoms in total. The van der Waals surface area contributed by atoms with Gasteiger partial charge in [-0.2, -0.15) is 0 Å². The Morgan fingerprint density at radius 3 is 1.80 bits per heavy atom. The van der Waals surface area contributed by atoms with Gasteiger partial charge >= 0.3 is 0 Å². The van der Waals surface area contributed by atoms with Gasteiger partial charge in [0.1, 0.15) is 5.52 Å². The van der Waals surface area contributed by atoms with E-state index in [4.69, 9.17) is 4.42 Å². The van der Waals surface area contributed by atoms with Gasteiger partial charge in [-0.3, -0.25) is 30.2 Å². The maximum atomic E-state index is 10.8. The van der Waals surface area contributed by atoms with Crippen molar-refractivity contribution in [2.75, 3.05) is 0 Å². The first-order valence-electron chi connectivity index (χ1n) is 12.4. The molecule has 200 valence electrons. The summed E-state index contributed by atoms with van der Waals surface area (Å²) in [7, 11) is 0. The van der Waals surface area contributed by atoms with E-state index in [-0.39, 0.29) is 11.4 Å². The molecule has 0 unspecified atom stereocenters. The fourth-order valence-electron chi connectivity index (χ4n) is 3.82. The molecule has 5 aromatic rings. The fraction of sp³-hybridized carbons (Fsp3) is 0. The largest absolute Gasteiger partial charge is 0.436 e. The van der Waals surface area contributed by atoms with Crippen LogP contribution >= 0.6 is 0 Å². The highest BCUT2D eigenvalue weighted by Gasteiger charge is 2.09. The highest BCUT2D eigenvalue weighted by atomic mass is 16.6. The number of nitrogens with zero attached hydrogens (tertiary/aromatic N) is 5. The molecule has 0 spiro atoms. The van der Waals surface area contributed by atoms with Crippen LogP contribution in [0.4, 0.5) is 22.7 Å². The van der Waals surface area contributed by atoms with Gasteiger partial charge in [-0.25, -0.2) is 4.98 Å². The number of aromatic nitrogens is 1. The van der Waals surface area contributed by atoms with E-state index in [9.17, 15) is 20.2 Å². The van der Waals surface area contributed by atoms with Gasteiger partial charge in [0.25, 0.3) is 11.4 Å². The van der Waals surface area contributed by atoms with Crippen LogP contribution in [0.5, 0.6) is 0 Å². The minimum atomic E-state index is -0.433. The van der Waals surface area contributed by atoms with Crippen LogP contribution in [0.3, 0.4) is 0 Å². The Labute approximate surface area is 233 Å². The van der Waals surface area contributed by atoms with Gasteiger partial charge in [0.05, 0.1) is 21.2 Å². The summed E-state index contributed by atoms with van der Waals surface area (Å²) in [4.78, 5) is 34.1. The zero-order valence-electron chi connectivity index (χ0n) is 21.4. The van der Waals surface area contributed by atoms with Crippen LogP contribution < -0.4 is 0 Å². The standard InChI is InChI=1S/C31H21N5O5/c37-35(38)27-13-8-22(9-14-27)4-2-18-32-25-7-1-6-24(20-25)31-34-29-17-12-26(21-30(29)41-31)33-19-3-5-23-10-15-28(16-11-23)36(39)40/h1-21H. The smallest absolute Gasteiger partial charge is 0.269 e. The number of benzene rings is 4. The first kappa shape index (κ1) is 26.6. The molecule has 0 amide bonds. The maximum Gasteiger partial charge on any atom is 0.269 e. The van der Waals surface area contributed by atoms with Crippen molar-refractivity contribution < 1.29 is 14.3 Å². The summed E-state index contributed by atoms with van der Waals surface area (Å²) in [6, 6.07) is 25.5. The molecule has 1 aromatic heterocycles. The Morgan fingerprint density at radius 2 is 1.24 bits per heavy atom. The number of oxazole rings is 1. The van der Waals surface area contributed by atoms with Crippen LogP contribution in [0.15, 0.2) is 118 Å². The zero-order valence-corrected chi connectivity index (χ0v) is 21.4. The van der Waals surface area contributed by atoms with Crippen LogP contribution in [0, 0.1) is 20.2 Å². The van der Waals surface area contributed by atoms with Gasteiger partial charge in [0, 0.05) is 48.3 Å². The number of hydrogen-bond donors (Lipinski definition) is 0. The maximum absolute atomic E-state index is 10.8. The van der Waals surface area contributed by atoms with Crippen molar-refractivity contribution in [3.63, 3.8) is 0 Å². The van der Waals surface area contributed by atoms with Crippen molar-refractivity contribution >= 4 is 58.4 Å². The molecule has 0 N–H and O–H groups in total. The number of fused-ring (bicyclic) bond motifs is 1. The minimum absolute atomic E-state index is 0.0454. The van der Waals surface area contributed by atoms with Crippen LogP contribution in [-0.4, -0.2) is 27.3 Å². The Morgan fingerprint density at radius 1 is 0.683 bits per heavy atom. The number of rotatable bonds is 9. The molecule has 0 bridgehead atoms. The Hall–Kier alpha value is -6.03. The molecule has 0 aliphatic carbocycles. The summed E-state index contributed by atoms with van der Waals surface area (Å²) in [6.45, 7) is 0. The first-order chi connectivity index (χ1) is 19.9. The van der Waals surface area contributed by atoms with Crippen molar-refractivity contribution in [3.8, 4) is 11.5 Å². The number of nitro groups is 2. The quantitative estimate of drug-likeness (QED) is 0.104. The summed E-state index contributed by atoms with van der Waals surface area (Å²) in [5, 5.41) is 21.5. The second-order valence-electron chi connectivity index (χ2n) is 8.69. The summed E-state index contributed by atoms with van der Waals surface area (Å²) in [6.07, 6.45) is 10.4. The number of nitro benzene ring substituents is 2. The molecule has 0 aliphatic heterocycles. The third kappa shape index (κ3) is 6.89. The molecular weight excluding hydrogens is 522 g/mol. The average molecular weight is 544 g/mol. The lowest BCUT2D eigenvalue weighted by Crippen LogP contribution is -1.86. The van der Waals surface area contributed by atoms with Gasteiger partial charge in [-0.1, -0.05) is 18.2 Å². The van der Waals surface area contributed by atoms with Gasteiger partial charge in [-0.15, -0.1) is 0 Å². The van der Waals surface area contributed by atoms with E-state index in [2.05, 4.69) is 15.0 Å². The Bertz CT molecular complexity index is 1840. The van der Waals surface area contributed by atoms with Gasteiger partial charge in [0.15, 0.2) is 5.58 Å². The van der Waals surface area contributed by atoms with Crippen LogP contribution in [0.2, 0.25) is 0 Å². The van der Waals surface area contributed by atoms with Gasteiger partial charge < -0.3 is 4.42 Å². The second-order valence-corrected chi connectivity index (χ2v) is 8.69. The lowest BCUT2D eigenvalue weighted by Gasteiger charge is -1.97. The number of non-ortho nitro benzene ring substituents is 2. The summed E-state index contributed by atoms with van der Waals surface area (Å²) in [5.74, 6) is 0.456. The molecule has 0 saturated heterocycles. The van der Waals surface area contributed by atoms with Crippen molar-refractivity contribution in [1.29, 1.82) is 0 Å². The normalized spacial score (nSPS) is 11.9. The van der Waals surface area contributed by atoms with E-state index in [1.165, 1.54) is 24.3 Å². The lowest BCUT2D eigenvalue weighted by atomic mass is 10.2. The summed E-state index contributed by atoms with van der Waals surface area (Å²) < 4.78 is 5.99. The molecule has 4 aromatic carbocycles. The molecule has 1 heterocycles. The predicted molar refractivity (Wildman–Crippen MR) is 160 cm³/mol. The molecule has 0 fully saturated rings. The number of allylic oxidation sites excluding steroid dienone is 2. The average Bonchev–Trinajstić information content (AvgIpc) is 3.42. The molecule has 0 saturated carbocycles. The Balaban J connectivity index is 1.24. The lowest BCUT2D eigenvalue weighted by molar-refractivity contribution is -0.385. The minimum Gasteiger partial charge on any atom is -0.436 e. The molecule has 10 heteroatoms. The fourth-order valence-corrected chi connectivity index (χ4v) is 3.82. The van der Waals surface area contributed by atoms with Crippen molar-refractivity contribution in [2.24, 2.45) is 9.98 Å². The molecule has 41 heavy (non-hydrogen) atoms. The third-order valence-corrected chi connectivity index (χ3v) is 5.87. The summed E-state index contributed by atoms with van der Waals surface area (Å²) in [5.41, 5.74) is 5.19. The highest BCUT2D eigenvalue weighted by molar-refractivity contribution is 5.84. The zero-order chi connectivity index (χ0) is 28.6. The monoisotopic (exact) mass is 543 g/mol. The third-order valence-electron chi connectivity index (χ3n) is 5.87. The molecular formula is C31H21N5O5. The van der Waals surface area contributed by atoms with E-state index in [1.807, 2.05) is 42.5 Å². The van der Waals surface area contributed by atoms with Crippen LogP contribution in [0.25, 0.3) is 34.7 Å². The van der Waals surface area contributed by atoms with E-state index in [0.29, 0.717) is 28.4 Å². The molecule has 5 rings (SSSR count). The summed E-state index contributed by atoms with van der Waals surface area (Å²) >= 11 is 0.